The minimum atomic E-state index is -4.68. The molecular weight excluding hydrogens is 492 g/mol. The molecule has 12 heteroatoms. The highest BCUT2D eigenvalue weighted by atomic mass is 35.5. The molecule has 1 atom stereocenters. The van der Waals surface area contributed by atoms with E-state index in [0.29, 0.717) is 13.0 Å². The molecule has 1 saturated heterocycles. The fourth-order valence-electron chi connectivity index (χ4n) is 4.47. The van der Waals surface area contributed by atoms with Crippen molar-refractivity contribution in [3.8, 4) is 0 Å². The molecule has 1 aromatic carbocycles. The van der Waals surface area contributed by atoms with Crippen molar-refractivity contribution in [2.24, 2.45) is 5.92 Å². The third kappa shape index (κ3) is 6.13. The molecule has 1 amide bonds. The van der Waals surface area contributed by atoms with Crippen LogP contribution in [-0.2, 0) is 35.3 Å². The van der Waals surface area contributed by atoms with Crippen LogP contribution >= 0.6 is 11.6 Å². The van der Waals surface area contributed by atoms with Crippen molar-refractivity contribution in [2.45, 2.75) is 46.0 Å². The zero-order valence-electron chi connectivity index (χ0n) is 19.4. The SMILES string of the molecule is CC.O=C(O)CN1CCC(C(=O)N2CCc3c(C(F)(F)F)nn(Cc4ccc(Cl)cc4F)c3C2)C1. The van der Waals surface area contributed by atoms with Crippen LogP contribution in [0.4, 0.5) is 17.6 Å². The minimum Gasteiger partial charge on any atom is -0.480 e. The molecule has 2 aromatic rings. The summed E-state index contributed by atoms with van der Waals surface area (Å²) in [6.45, 7) is 4.38. The molecule has 192 valence electrons. The van der Waals surface area contributed by atoms with Gasteiger partial charge in [0.25, 0.3) is 0 Å². The largest absolute Gasteiger partial charge is 0.480 e. The van der Waals surface area contributed by atoms with E-state index in [9.17, 15) is 27.2 Å². The molecule has 0 aliphatic carbocycles. The Morgan fingerprint density at radius 3 is 2.57 bits per heavy atom. The Kier molecular flexibility index (Phi) is 8.42. The predicted octanol–water partition coefficient (Wildman–Crippen LogP) is 4.06. The first-order valence-corrected chi connectivity index (χ1v) is 11.7. The van der Waals surface area contributed by atoms with Gasteiger partial charge in [-0.3, -0.25) is 19.2 Å². The van der Waals surface area contributed by atoms with Crippen LogP contribution < -0.4 is 0 Å². The summed E-state index contributed by atoms with van der Waals surface area (Å²) < 4.78 is 56.2. The van der Waals surface area contributed by atoms with Crippen molar-refractivity contribution in [3.05, 3.63) is 51.6 Å². The molecule has 0 bridgehead atoms. The molecule has 35 heavy (non-hydrogen) atoms. The number of nitrogens with zero attached hydrogens (tertiary/aromatic N) is 4. The smallest absolute Gasteiger partial charge is 0.435 e. The highest BCUT2D eigenvalue weighted by Crippen LogP contribution is 2.36. The second-order valence-electron chi connectivity index (χ2n) is 8.29. The van der Waals surface area contributed by atoms with Crippen LogP contribution in [0.1, 0.15) is 42.8 Å². The Balaban J connectivity index is 0.00000167. The van der Waals surface area contributed by atoms with Gasteiger partial charge in [-0.1, -0.05) is 31.5 Å². The average molecular weight is 519 g/mol. The van der Waals surface area contributed by atoms with Crippen LogP contribution in [0, 0.1) is 11.7 Å². The van der Waals surface area contributed by atoms with Crippen molar-refractivity contribution in [1.82, 2.24) is 19.6 Å². The van der Waals surface area contributed by atoms with E-state index in [1.54, 1.807) is 4.90 Å². The first-order valence-electron chi connectivity index (χ1n) is 11.4. The molecule has 7 nitrogen and oxygen atoms in total. The maximum absolute atomic E-state index is 14.3. The van der Waals surface area contributed by atoms with Crippen LogP contribution in [0.5, 0.6) is 0 Å². The minimum absolute atomic E-state index is 0.0137. The van der Waals surface area contributed by atoms with Gasteiger partial charge in [0, 0.05) is 29.2 Å². The third-order valence-electron chi connectivity index (χ3n) is 6.03. The standard InChI is InChI=1S/C21H21ClF4N4O3.C2H6/c22-14-2-1-12(16(23)7-14)9-30-17-10-29(6-4-15(17)19(27-30)21(24,25)26)20(33)13-3-5-28(8-13)11-18(31)32;1-2/h1-2,7,13H,3-6,8-11H2,(H,31,32);1-2H3. The monoisotopic (exact) mass is 518 g/mol. The number of aromatic nitrogens is 2. The number of likely N-dealkylation sites (tertiary alicyclic amines) is 1. The Morgan fingerprint density at radius 1 is 1.23 bits per heavy atom. The van der Waals surface area contributed by atoms with E-state index in [2.05, 4.69) is 5.10 Å². The number of benzene rings is 1. The number of halogens is 5. The van der Waals surface area contributed by atoms with Gasteiger partial charge in [0.15, 0.2) is 5.69 Å². The van der Waals surface area contributed by atoms with E-state index in [1.165, 1.54) is 17.0 Å². The molecule has 2 aliphatic heterocycles. The fraction of sp³-hybridized carbons (Fsp3) is 0.522. The van der Waals surface area contributed by atoms with Crippen molar-refractivity contribution < 1.29 is 32.3 Å². The van der Waals surface area contributed by atoms with Crippen LogP contribution in [0.25, 0.3) is 0 Å². The molecule has 1 fully saturated rings. The summed E-state index contributed by atoms with van der Waals surface area (Å²) in [5.41, 5.74) is -0.661. The summed E-state index contributed by atoms with van der Waals surface area (Å²) in [6.07, 6.45) is -4.22. The van der Waals surface area contributed by atoms with Crippen molar-refractivity contribution in [3.63, 3.8) is 0 Å². The number of fused-ring (bicyclic) bond motifs is 1. The maximum atomic E-state index is 14.3. The van der Waals surface area contributed by atoms with E-state index >= 15 is 0 Å². The lowest BCUT2D eigenvalue weighted by Gasteiger charge is -2.30. The van der Waals surface area contributed by atoms with E-state index in [1.807, 2.05) is 13.8 Å². The first-order chi connectivity index (χ1) is 16.5. The Hall–Kier alpha value is -2.66. The normalized spacial score (nSPS) is 18.1. The molecule has 1 aromatic heterocycles. The summed E-state index contributed by atoms with van der Waals surface area (Å²) in [5.74, 6) is -2.29. The van der Waals surface area contributed by atoms with Gasteiger partial charge in [-0.05, 0) is 31.5 Å². The van der Waals surface area contributed by atoms with Gasteiger partial charge in [0.2, 0.25) is 5.91 Å². The number of carboxylic acids is 1. The third-order valence-corrected chi connectivity index (χ3v) is 6.27. The van der Waals surface area contributed by atoms with Gasteiger partial charge in [-0.2, -0.15) is 18.3 Å². The number of rotatable bonds is 5. The molecule has 0 radical (unpaired) electrons. The topological polar surface area (TPSA) is 78.7 Å². The molecule has 4 rings (SSSR count). The lowest BCUT2D eigenvalue weighted by atomic mass is 10.0. The summed E-state index contributed by atoms with van der Waals surface area (Å²) >= 11 is 5.76. The molecule has 1 unspecified atom stereocenters. The van der Waals surface area contributed by atoms with Gasteiger partial charge in [0.1, 0.15) is 5.82 Å². The highest BCUT2D eigenvalue weighted by molar-refractivity contribution is 6.30. The Labute approximate surface area is 205 Å². The molecule has 0 spiro atoms. The second-order valence-corrected chi connectivity index (χ2v) is 8.73. The molecule has 0 saturated carbocycles. The number of alkyl halides is 3. The van der Waals surface area contributed by atoms with Crippen LogP contribution in [-0.4, -0.2) is 62.7 Å². The van der Waals surface area contributed by atoms with E-state index in [-0.39, 0.29) is 66.9 Å². The predicted molar refractivity (Wildman–Crippen MR) is 120 cm³/mol. The average Bonchev–Trinajstić information content (AvgIpc) is 3.40. The van der Waals surface area contributed by atoms with Crippen molar-refractivity contribution >= 4 is 23.5 Å². The van der Waals surface area contributed by atoms with Crippen LogP contribution in [0.3, 0.4) is 0 Å². The number of aliphatic carboxylic acids is 1. The number of carbonyl (C=O) groups excluding carboxylic acids is 1. The van der Waals surface area contributed by atoms with E-state index < -0.39 is 29.6 Å². The number of hydrogen-bond donors (Lipinski definition) is 1. The van der Waals surface area contributed by atoms with Gasteiger partial charge >= 0.3 is 12.1 Å². The van der Waals surface area contributed by atoms with Gasteiger partial charge in [0.05, 0.1) is 31.2 Å². The van der Waals surface area contributed by atoms with Gasteiger partial charge < -0.3 is 10.0 Å². The molecule has 1 N–H and O–H groups in total. The first kappa shape index (κ1) is 26.9. The number of amides is 1. The molecule has 2 aliphatic rings. The zero-order chi connectivity index (χ0) is 25.9. The summed E-state index contributed by atoms with van der Waals surface area (Å²) in [4.78, 5) is 27.1. The van der Waals surface area contributed by atoms with E-state index in [0.717, 1.165) is 10.7 Å². The Morgan fingerprint density at radius 2 is 1.94 bits per heavy atom. The lowest BCUT2D eigenvalue weighted by Crippen LogP contribution is -2.41. The van der Waals surface area contributed by atoms with Gasteiger partial charge in [-0.15, -0.1) is 0 Å². The van der Waals surface area contributed by atoms with Crippen LogP contribution in [0.15, 0.2) is 18.2 Å². The maximum Gasteiger partial charge on any atom is 0.435 e. The van der Waals surface area contributed by atoms with Gasteiger partial charge in [-0.25, -0.2) is 4.39 Å². The van der Waals surface area contributed by atoms with E-state index in [4.69, 9.17) is 16.7 Å². The number of carbonyl (C=O) groups is 2. The number of carboxylic acid groups (broad SMARTS) is 1. The lowest BCUT2D eigenvalue weighted by molar-refractivity contribution is -0.142. The second kappa shape index (κ2) is 10.9. The fourth-order valence-corrected chi connectivity index (χ4v) is 4.62. The van der Waals surface area contributed by atoms with Crippen molar-refractivity contribution in [2.75, 3.05) is 26.2 Å². The Bertz CT molecular complexity index is 1090. The molecule has 3 heterocycles. The summed E-state index contributed by atoms with van der Waals surface area (Å²) in [6, 6.07) is 3.91. The van der Waals surface area contributed by atoms with Crippen LogP contribution in [0.2, 0.25) is 5.02 Å². The zero-order valence-corrected chi connectivity index (χ0v) is 20.2. The molecular formula is C23H27ClF4N4O3. The quantitative estimate of drug-likeness (QED) is 0.604. The highest BCUT2D eigenvalue weighted by Gasteiger charge is 2.42. The summed E-state index contributed by atoms with van der Waals surface area (Å²) in [7, 11) is 0. The van der Waals surface area contributed by atoms with Crippen molar-refractivity contribution in [1.29, 1.82) is 0 Å². The number of hydrogen-bond acceptors (Lipinski definition) is 4. The summed E-state index contributed by atoms with van der Waals surface area (Å²) in [5, 5.41) is 12.8.